The maximum absolute atomic E-state index is 13.0. The molecule has 2 amide bonds. The molecule has 0 radical (unpaired) electrons. The normalized spacial score (nSPS) is 20.3. The third kappa shape index (κ3) is 9.60. The zero-order chi connectivity index (χ0) is 29.1. The molecule has 2 atom stereocenters. The lowest BCUT2D eigenvalue weighted by Crippen LogP contribution is -2.53. The highest BCUT2D eigenvalue weighted by molar-refractivity contribution is 6.15. The average Bonchev–Trinajstić information content (AvgIpc) is 2.77. The standard InChI is InChI=1S/C26H42N2O10/c1-8-35-21(31)17(22(32)36-9-2)19(29)27-15-26(7)13-16(12-25(5,6)14-26)28-20(30)18(23(33)37-10-3)24(34)38-11-4/h16-18H,8-15H2,1-7H3,(H,27,29)(H,28,30). The van der Waals surface area contributed by atoms with Crippen LogP contribution in [0.3, 0.4) is 0 Å². The van der Waals surface area contributed by atoms with Gasteiger partial charge in [0.15, 0.2) is 0 Å². The Balaban J connectivity index is 3.04. The van der Waals surface area contributed by atoms with Crippen molar-refractivity contribution in [2.24, 2.45) is 22.7 Å². The SMILES string of the molecule is CCOC(=O)C(C(=O)NCC1(C)CC(NC(=O)C(C(=O)OCC)C(=O)OCC)CC(C)(C)C1)C(=O)OCC. The first kappa shape index (κ1) is 32.8. The second kappa shape index (κ2) is 14.7. The van der Waals surface area contributed by atoms with Gasteiger partial charge in [-0.05, 0) is 57.8 Å². The summed E-state index contributed by atoms with van der Waals surface area (Å²) >= 11 is 0. The molecule has 1 aliphatic carbocycles. The Bertz CT molecular complexity index is 851. The molecule has 0 saturated heterocycles. The summed E-state index contributed by atoms with van der Waals surface area (Å²) in [7, 11) is 0. The molecule has 12 heteroatoms. The first-order valence-electron chi connectivity index (χ1n) is 13.0. The van der Waals surface area contributed by atoms with Gasteiger partial charge in [0.05, 0.1) is 26.4 Å². The fraction of sp³-hybridized carbons (Fsp3) is 0.769. The van der Waals surface area contributed by atoms with Crippen LogP contribution in [0.4, 0.5) is 0 Å². The molecule has 2 N–H and O–H groups in total. The first-order chi connectivity index (χ1) is 17.7. The number of hydrogen-bond acceptors (Lipinski definition) is 10. The molecule has 1 fully saturated rings. The van der Waals surface area contributed by atoms with Crippen LogP contribution in [0.2, 0.25) is 0 Å². The zero-order valence-electron chi connectivity index (χ0n) is 23.5. The lowest BCUT2D eigenvalue weighted by molar-refractivity contribution is -0.167. The van der Waals surface area contributed by atoms with E-state index in [1.807, 2.05) is 20.8 Å². The minimum atomic E-state index is -1.75. The zero-order valence-corrected chi connectivity index (χ0v) is 23.5. The van der Waals surface area contributed by atoms with E-state index in [9.17, 15) is 28.8 Å². The lowest BCUT2D eigenvalue weighted by atomic mass is 9.62. The van der Waals surface area contributed by atoms with Crippen LogP contribution in [-0.2, 0) is 47.7 Å². The van der Waals surface area contributed by atoms with E-state index in [0.29, 0.717) is 19.3 Å². The first-order valence-corrected chi connectivity index (χ1v) is 13.0. The fourth-order valence-corrected chi connectivity index (χ4v) is 5.08. The maximum atomic E-state index is 13.0. The van der Waals surface area contributed by atoms with Crippen molar-refractivity contribution >= 4 is 35.7 Å². The van der Waals surface area contributed by atoms with Crippen LogP contribution in [0.15, 0.2) is 0 Å². The summed E-state index contributed by atoms with van der Waals surface area (Å²) in [4.78, 5) is 75.1. The van der Waals surface area contributed by atoms with Crippen molar-refractivity contribution in [1.29, 1.82) is 0 Å². The molecule has 0 aromatic heterocycles. The molecule has 12 nitrogen and oxygen atoms in total. The molecule has 2 unspecified atom stereocenters. The van der Waals surface area contributed by atoms with Crippen LogP contribution in [0, 0.1) is 22.7 Å². The quantitative estimate of drug-likeness (QED) is 0.197. The Morgan fingerprint density at radius 1 is 0.684 bits per heavy atom. The highest BCUT2D eigenvalue weighted by Crippen LogP contribution is 2.45. The number of rotatable bonds is 13. The largest absolute Gasteiger partial charge is 0.465 e. The molecule has 38 heavy (non-hydrogen) atoms. The van der Waals surface area contributed by atoms with E-state index in [4.69, 9.17) is 18.9 Å². The summed E-state index contributed by atoms with van der Waals surface area (Å²) in [6.45, 7) is 12.2. The van der Waals surface area contributed by atoms with E-state index in [1.165, 1.54) is 0 Å². The second-order valence-electron chi connectivity index (χ2n) is 10.4. The predicted molar refractivity (Wildman–Crippen MR) is 134 cm³/mol. The topological polar surface area (TPSA) is 163 Å². The van der Waals surface area contributed by atoms with Gasteiger partial charge < -0.3 is 29.6 Å². The number of carbonyl (C=O) groups excluding carboxylic acids is 6. The van der Waals surface area contributed by atoms with Crippen molar-refractivity contribution in [3.63, 3.8) is 0 Å². The minimum Gasteiger partial charge on any atom is -0.465 e. The molecule has 0 aromatic rings. The van der Waals surface area contributed by atoms with E-state index < -0.39 is 59.0 Å². The van der Waals surface area contributed by atoms with Crippen molar-refractivity contribution in [2.45, 2.75) is 73.8 Å². The van der Waals surface area contributed by atoms with Crippen molar-refractivity contribution in [3.8, 4) is 0 Å². The van der Waals surface area contributed by atoms with Gasteiger partial charge >= 0.3 is 23.9 Å². The molecular weight excluding hydrogens is 500 g/mol. The maximum Gasteiger partial charge on any atom is 0.330 e. The number of esters is 4. The summed E-state index contributed by atoms with van der Waals surface area (Å²) in [5.41, 5.74) is -0.854. The third-order valence-corrected chi connectivity index (χ3v) is 6.09. The van der Waals surface area contributed by atoms with Crippen molar-refractivity contribution in [1.82, 2.24) is 10.6 Å². The molecule has 0 aromatic carbocycles. The third-order valence-electron chi connectivity index (χ3n) is 6.09. The molecule has 0 aliphatic heterocycles. The van der Waals surface area contributed by atoms with Crippen LogP contribution < -0.4 is 10.6 Å². The van der Waals surface area contributed by atoms with E-state index in [-0.39, 0.29) is 38.4 Å². The van der Waals surface area contributed by atoms with E-state index in [0.717, 1.165) is 0 Å². The lowest BCUT2D eigenvalue weighted by Gasteiger charge is -2.47. The monoisotopic (exact) mass is 542 g/mol. The Morgan fingerprint density at radius 2 is 1.08 bits per heavy atom. The van der Waals surface area contributed by atoms with Crippen LogP contribution in [-0.4, -0.2) is 74.7 Å². The summed E-state index contributed by atoms with van der Waals surface area (Å²) in [5.74, 6) is -9.12. The molecule has 1 rings (SSSR count). The Kier molecular flexibility index (Phi) is 12.7. The predicted octanol–water partition coefficient (Wildman–Crippen LogP) is 1.29. The Hall–Kier alpha value is -3.18. The average molecular weight is 543 g/mol. The molecule has 1 saturated carbocycles. The number of hydrogen-bond donors (Lipinski definition) is 2. The van der Waals surface area contributed by atoms with Gasteiger partial charge in [-0.25, -0.2) is 0 Å². The van der Waals surface area contributed by atoms with E-state index in [2.05, 4.69) is 10.6 Å². The van der Waals surface area contributed by atoms with Crippen molar-refractivity contribution in [2.75, 3.05) is 33.0 Å². The summed E-state index contributed by atoms with van der Waals surface area (Å²) in [5, 5.41) is 5.46. The number of carbonyl (C=O) groups is 6. The van der Waals surface area contributed by atoms with Gasteiger partial charge in [-0.1, -0.05) is 20.8 Å². The molecule has 216 valence electrons. The molecule has 1 aliphatic rings. The van der Waals surface area contributed by atoms with Gasteiger partial charge in [-0.15, -0.1) is 0 Å². The van der Waals surface area contributed by atoms with Crippen molar-refractivity contribution in [3.05, 3.63) is 0 Å². The Labute approximate surface area is 223 Å². The highest BCUT2D eigenvalue weighted by Gasteiger charge is 2.45. The van der Waals surface area contributed by atoms with Crippen molar-refractivity contribution < 1.29 is 47.7 Å². The molecular formula is C26H42N2O10. The second-order valence-corrected chi connectivity index (χ2v) is 10.4. The van der Waals surface area contributed by atoms with Gasteiger partial charge in [0.25, 0.3) is 0 Å². The molecule has 0 heterocycles. The Morgan fingerprint density at radius 3 is 1.47 bits per heavy atom. The van der Waals surface area contributed by atoms with Gasteiger partial charge in [0.1, 0.15) is 0 Å². The van der Waals surface area contributed by atoms with Gasteiger partial charge in [-0.2, -0.15) is 0 Å². The number of ether oxygens (including phenoxy) is 4. The fourth-order valence-electron chi connectivity index (χ4n) is 5.08. The van der Waals surface area contributed by atoms with Crippen LogP contribution in [0.1, 0.15) is 67.7 Å². The summed E-state index contributed by atoms with van der Waals surface area (Å²) in [6, 6.07) is -0.439. The van der Waals surface area contributed by atoms with Crippen LogP contribution in [0.25, 0.3) is 0 Å². The van der Waals surface area contributed by atoms with Gasteiger partial charge in [-0.3, -0.25) is 28.8 Å². The molecule has 0 spiro atoms. The smallest absolute Gasteiger partial charge is 0.330 e. The van der Waals surface area contributed by atoms with E-state index in [1.54, 1.807) is 27.7 Å². The number of amides is 2. The summed E-state index contributed by atoms with van der Waals surface area (Å²) in [6.07, 6.45) is 1.59. The van der Waals surface area contributed by atoms with Crippen LogP contribution >= 0.6 is 0 Å². The molecule has 0 bridgehead atoms. The van der Waals surface area contributed by atoms with E-state index >= 15 is 0 Å². The van der Waals surface area contributed by atoms with Gasteiger partial charge in [0.2, 0.25) is 23.7 Å². The van der Waals surface area contributed by atoms with Gasteiger partial charge in [0, 0.05) is 12.6 Å². The minimum absolute atomic E-state index is 0.00512. The highest BCUT2D eigenvalue weighted by atomic mass is 16.6. The van der Waals surface area contributed by atoms with Crippen LogP contribution in [0.5, 0.6) is 0 Å². The summed E-state index contributed by atoms with van der Waals surface area (Å²) < 4.78 is 19.6. The number of nitrogens with one attached hydrogen (secondary N) is 2.